The number of rotatable bonds is 3. The lowest BCUT2D eigenvalue weighted by molar-refractivity contribution is -0.118. The quantitative estimate of drug-likeness (QED) is 0.750. The lowest BCUT2D eigenvalue weighted by Gasteiger charge is -2.46. The van der Waals surface area contributed by atoms with Crippen LogP contribution in [0.2, 0.25) is 0 Å². The molecule has 0 aromatic heterocycles. The van der Waals surface area contributed by atoms with Crippen LogP contribution in [0.15, 0.2) is 0 Å². The van der Waals surface area contributed by atoms with Crippen molar-refractivity contribution >= 4 is 5.91 Å². The van der Waals surface area contributed by atoms with Gasteiger partial charge in [-0.1, -0.05) is 0 Å². The number of likely N-dealkylation sites (tertiary alicyclic amines) is 2. The van der Waals surface area contributed by atoms with Crippen LogP contribution in [0.4, 0.5) is 0 Å². The van der Waals surface area contributed by atoms with Crippen molar-refractivity contribution < 1.29 is 4.79 Å². The summed E-state index contributed by atoms with van der Waals surface area (Å²) in [6.45, 7) is 4.38. The van der Waals surface area contributed by atoms with Crippen molar-refractivity contribution in [2.24, 2.45) is 11.7 Å². The second kappa shape index (κ2) is 5.15. The summed E-state index contributed by atoms with van der Waals surface area (Å²) in [5, 5.41) is 0. The topological polar surface area (TPSA) is 49.6 Å². The molecule has 0 saturated carbocycles. The molecule has 0 radical (unpaired) electrons. The number of amides is 1. The first-order valence-electron chi connectivity index (χ1n) is 6.37. The zero-order valence-electron chi connectivity index (χ0n) is 10.2. The van der Waals surface area contributed by atoms with Crippen LogP contribution in [-0.4, -0.2) is 55.0 Å². The summed E-state index contributed by atoms with van der Waals surface area (Å²) < 4.78 is 0. The molecule has 16 heavy (non-hydrogen) atoms. The van der Waals surface area contributed by atoms with Crippen molar-refractivity contribution in [3.8, 4) is 0 Å². The van der Waals surface area contributed by atoms with E-state index in [1.807, 2.05) is 0 Å². The van der Waals surface area contributed by atoms with Gasteiger partial charge in [-0.3, -0.25) is 4.79 Å². The molecule has 2 atom stereocenters. The van der Waals surface area contributed by atoms with Crippen LogP contribution in [-0.2, 0) is 4.79 Å². The van der Waals surface area contributed by atoms with E-state index in [9.17, 15) is 4.79 Å². The molecule has 2 aliphatic heterocycles. The van der Waals surface area contributed by atoms with Crippen LogP contribution < -0.4 is 5.73 Å². The Kier molecular flexibility index (Phi) is 3.82. The average molecular weight is 225 g/mol. The number of piperidine rings is 2. The number of hydrogen-bond donors (Lipinski definition) is 1. The van der Waals surface area contributed by atoms with Crippen LogP contribution in [0.1, 0.15) is 25.7 Å². The van der Waals surface area contributed by atoms with Gasteiger partial charge in [-0.05, 0) is 45.3 Å². The summed E-state index contributed by atoms with van der Waals surface area (Å²) in [7, 11) is 2.25. The minimum atomic E-state index is -0.178. The number of carbonyl (C=O) groups is 1. The molecule has 4 heteroatoms. The van der Waals surface area contributed by atoms with Gasteiger partial charge >= 0.3 is 0 Å². The fourth-order valence-electron chi connectivity index (χ4n) is 3.20. The highest BCUT2D eigenvalue weighted by molar-refractivity contribution is 5.73. The molecule has 2 saturated heterocycles. The highest BCUT2D eigenvalue weighted by Gasteiger charge is 2.33. The van der Waals surface area contributed by atoms with Gasteiger partial charge in [-0.15, -0.1) is 0 Å². The molecule has 0 aliphatic carbocycles. The summed E-state index contributed by atoms with van der Waals surface area (Å²) in [5.41, 5.74) is 5.19. The maximum Gasteiger partial charge on any atom is 0.218 e. The number of nitrogens with zero attached hydrogens (tertiary/aromatic N) is 2. The number of fused-ring (bicyclic) bond motifs is 1. The first-order valence-corrected chi connectivity index (χ1v) is 6.37. The normalized spacial score (nSPS) is 32.3. The fraction of sp³-hybridized carbons (Fsp3) is 0.917. The lowest BCUT2D eigenvalue weighted by atomic mass is 9.84. The third kappa shape index (κ3) is 2.74. The molecular formula is C12H23N3O. The van der Waals surface area contributed by atoms with E-state index < -0.39 is 0 Å². The maximum atomic E-state index is 10.8. The van der Waals surface area contributed by atoms with Gasteiger partial charge in [0.15, 0.2) is 0 Å². The van der Waals surface area contributed by atoms with E-state index in [1.54, 1.807) is 0 Å². The lowest BCUT2D eigenvalue weighted by Crippen LogP contribution is -2.52. The van der Waals surface area contributed by atoms with Crippen LogP contribution in [0, 0.1) is 5.92 Å². The highest BCUT2D eigenvalue weighted by Crippen LogP contribution is 2.29. The highest BCUT2D eigenvalue weighted by atomic mass is 16.1. The summed E-state index contributed by atoms with van der Waals surface area (Å²) in [6, 6.07) is 0.776. The van der Waals surface area contributed by atoms with Gasteiger partial charge < -0.3 is 15.5 Å². The van der Waals surface area contributed by atoms with Crippen molar-refractivity contribution in [3.63, 3.8) is 0 Å². The molecule has 2 aliphatic rings. The van der Waals surface area contributed by atoms with E-state index in [1.165, 1.54) is 25.8 Å². The van der Waals surface area contributed by atoms with Crippen LogP contribution in [0.5, 0.6) is 0 Å². The Morgan fingerprint density at radius 3 is 2.94 bits per heavy atom. The number of hydrogen-bond acceptors (Lipinski definition) is 3. The van der Waals surface area contributed by atoms with Gasteiger partial charge in [-0.25, -0.2) is 0 Å². The SMILES string of the molecule is CN1CCCC2CN(CCC(N)=O)CCC21. The van der Waals surface area contributed by atoms with E-state index in [2.05, 4.69) is 16.8 Å². The number of nitrogens with two attached hydrogens (primary N) is 1. The molecule has 92 valence electrons. The largest absolute Gasteiger partial charge is 0.370 e. The van der Waals surface area contributed by atoms with E-state index in [0.29, 0.717) is 6.42 Å². The Balaban J connectivity index is 1.83. The van der Waals surface area contributed by atoms with Gasteiger partial charge in [0.25, 0.3) is 0 Å². The van der Waals surface area contributed by atoms with Crippen molar-refractivity contribution in [1.82, 2.24) is 9.80 Å². The van der Waals surface area contributed by atoms with E-state index >= 15 is 0 Å². The molecule has 2 heterocycles. The fourth-order valence-corrected chi connectivity index (χ4v) is 3.20. The van der Waals surface area contributed by atoms with E-state index in [-0.39, 0.29) is 5.91 Å². The van der Waals surface area contributed by atoms with Crippen LogP contribution >= 0.6 is 0 Å². The van der Waals surface area contributed by atoms with Gasteiger partial charge in [0, 0.05) is 25.6 Å². The maximum absolute atomic E-state index is 10.8. The Bertz CT molecular complexity index is 257. The van der Waals surface area contributed by atoms with Crippen LogP contribution in [0.25, 0.3) is 0 Å². The summed E-state index contributed by atoms with van der Waals surface area (Å²) >= 11 is 0. The molecule has 2 N–H and O–H groups in total. The van der Waals surface area contributed by atoms with Crippen LogP contribution in [0.3, 0.4) is 0 Å². The molecular weight excluding hydrogens is 202 g/mol. The Morgan fingerprint density at radius 1 is 1.38 bits per heavy atom. The summed E-state index contributed by atoms with van der Waals surface area (Å²) in [5.74, 6) is 0.628. The molecule has 0 aromatic rings. The standard InChI is InChI=1S/C12H23N3O/c1-14-6-2-3-10-9-15(7-4-11(10)14)8-5-12(13)16/h10-11H,2-9H2,1H3,(H2,13,16). The molecule has 0 aromatic carbocycles. The second-order valence-corrected chi connectivity index (χ2v) is 5.26. The molecule has 2 fully saturated rings. The molecule has 4 nitrogen and oxygen atoms in total. The second-order valence-electron chi connectivity index (χ2n) is 5.26. The molecule has 1 amide bonds. The molecule has 0 spiro atoms. The van der Waals surface area contributed by atoms with Crippen molar-refractivity contribution in [2.45, 2.75) is 31.7 Å². The van der Waals surface area contributed by atoms with E-state index in [4.69, 9.17) is 5.73 Å². The molecule has 0 bridgehead atoms. The first kappa shape index (κ1) is 11.9. The third-order valence-electron chi connectivity index (χ3n) is 4.10. The predicted octanol–water partition coefficient (Wildman–Crippen LogP) is 0.278. The molecule has 2 unspecified atom stereocenters. The minimum Gasteiger partial charge on any atom is -0.370 e. The zero-order valence-corrected chi connectivity index (χ0v) is 10.2. The zero-order chi connectivity index (χ0) is 11.5. The van der Waals surface area contributed by atoms with Gasteiger partial charge in [0.05, 0.1) is 0 Å². The Morgan fingerprint density at radius 2 is 2.19 bits per heavy atom. The third-order valence-corrected chi connectivity index (χ3v) is 4.10. The van der Waals surface area contributed by atoms with Gasteiger partial charge in [-0.2, -0.15) is 0 Å². The number of carbonyl (C=O) groups excluding carboxylic acids is 1. The Hall–Kier alpha value is -0.610. The van der Waals surface area contributed by atoms with Crippen molar-refractivity contribution in [3.05, 3.63) is 0 Å². The van der Waals surface area contributed by atoms with Crippen molar-refractivity contribution in [2.75, 3.05) is 33.2 Å². The molecule has 2 rings (SSSR count). The first-order chi connectivity index (χ1) is 7.66. The Labute approximate surface area is 97.8 Å². The minimum absolute atomic E-state index is 0.178. The number of primary amides is 1. The van der Waals surface area contributed by atoms with Crippen molar-refractivity contribution in [1.29, 1.82) is 0 Å². The summed E-state index contributed by atoms with van der Waals surface area (Å²) in [6.07, 6.45) is 4.43. The monoisotopic (exact) mass is 225 g/mol. The van der Waals surface area contributed by atoms with Gasteiger partial charge in [0.2, 0.25) is 5.91 Å². The van der Waals surface area contributed by atoms with E-state index in [0.717, 1.165) is 31.6 Å². The summed E-state index contributed by atoms with van der Waals surface area (Å²) in [4.78, 5) is 15.7. The predicted molar refractivity (Wildman–Crippen MR) is 64.0 cm³/mol. The smallest absolute Gasteiger partial charge is 0.218 e. The van der Waals surface area contributed by atoms with Gasteiger partial charge in [0.1, 0.15) is 0 Å². The average Bonchev–Trinajstić information content (AvgIpc) is 2.26.